The van der Waals surface area contributed by atoms with Crippen molar-refractivity contribution in [2.45, 2.75) is 91.6 Å². The number of amides is 3. The molecule has 1 atom stereocenters. The van der Waals surface area contributed by atoms with Crippen LogP contribution in [0.15, 0.2) is 0 Å². The van der Waals surface area contributed by atoms with Gasteiger partial charge in [0.1, 0.15) is 6.04 Å². The highest BCUT2D eigenvalue weighted by molar-refractivity contribution is 5.87. The Balaban J connectivity index is 0. The van der Waals surface area contributed by atoms with Crippen molar-refractivity contribution in [3.8, 4) is 0 Å². The fourth-order valence-corrected chi connectivity index (χ4v) is 1.75. The summed E-state index contributed by atoms with van der Waals surface area (Å²) in [6.07, 6.45) is 6.12. The molecular weight excluding hydrogens is 294 g/mol. The molecular formula is C17H35N3O3. The second-order valence-electron chi connectivity index (χ2n) is 6.80. The van der Waals surface area contributed by atoms with Crippen LogP contribution in [-0.4, -0.2) is 29.3 Å². The summed E-state index contributed by atoms with van der Waals surface area (Å²) in [4.78, 5) is 32.7. The minimum atomic E-state index is -0.470. The van der Waals surface area contributed by atoms with Gasteiger partial charge in [0.25, 0.3) is 0 Å². The maximum atomic E-state index is 11.8. The quantitative estimate of drug-likeness (QED) is 0.595. The van der Waals surface area contributed by atoms with Crippen LogP contribution < -0.4 is 16.4 Å². The van der Waals surface area contributed by atoms with Gasteiger partial charge in [-0.2, -0.15) is 0 Å². The lowest BCUT2D eigenvalue weighted by molar-refractivity contribution is -0.129. The highest BCUT2D eigenvalue weighted by Crippen LogP contribution is 2.05. The van der Waals surface area contributed by atoms with E-state index < -0.39 is 6.04 Å². The van der Waals surface area contributed by atoms with Crippen molar-refractivity contribution in [1.82, 2.24) is 10.6 Å². The lowest BCUT2D eigenvalue weighted by Gasteiger charge is -2.23. The average molecular weight is 329 g/mol. The molecule has 0 saturated carbocycles. The van der Waals surface area contributed by atoms with Gasteiger partial charge in [0.15, 0.2) is 0 Å². The number of carbonyl (C=O) groups is 3. The van der Waals surface area contributed by atoms with Crippen molar-refractivity contribution in [2.75, 3.05) is 0 Å². The Hall–Kier alpha value is -1.59. The van der Waals surface area contributed by atoms with Gasteiger partial charge in [0.2, 0.25) is 17.7 Å². The molecule has 0 aromatic rings. The molecule has 136 valence electrons. The summed E-state index contributed by atoms with van der Waals surface area (Å²) in [5.41, 5.74) is 4.20. The van der Waals surface area contributed by atoms with Gasteiger partial charge in [-0.25, -0.2) is 0 Å². The maximum absolute atomic E-state index is 11.8. The molecule has 0 fully saturated rings. The number of nitrogens with one attached hydrogen (secondary N) is 2. The standard InChI is InChI=1S/C15H30N2O2.C2H5NO/c1-6-7-8-9-10-11-13(18)16-12(2)14(19)17-15(3,4)5;1-2(3)4/h12H,6-11H2,1-5H3,(H,16,18)(H,17,19);1H3,(H2,3,4)/t12-;/m0./s1. The van der Waals surface area contributed by atoms with Crippen molar-refractivity contribution >= 4 is 17.7 Å². The van der Waals surface area contributed by atoms with Crippen LogP contribution in [0.5, 0.6) is 0 Å². The normalized spacial score (nSPS) is 11.7. The topological polar surface area (TPSA) is 101 Å². The molecule has 0 aliphatic rings. The van der Waals surface area contributed by atoms with E-state index in [1.807, 2.05) is 20.8 Å². The van der Waals surface area contributed by atoms with Crippen LogP contribution in [0.3, 0.4) is 0 Å². The summed E-state index contributed by atoms with van der Waals surface area (Å²) in [6, 6.07) is -0.470. The third kappa shape index (κ3) is 20.4. The first-order valence-corrected chi connectivity index (χ1v) is 8.37. The lowest BCUT2D eigenvalue weighted by Crippen LogP contribution is -2.50. The molecule has 0 unspecified atom stereocenters. The molecule has 0 aliphatic heterocycles. The van der Waals surface area contributed by atoms with E-state index in [0.29, 0.717) is 6.42 Å². The smallest absolute Gasteiger partial charge is 0.242 e. The first-order chi connectivity index (χ1) is 10.5. The average Bonchev–Trinajstić information content (AvgIpc) is 2.35. The van der Waals surface area contributed by atoms with E-state index in [4.69, 9.17) is 0 Å². The number of carbonyl (C=O) groups excluding carboxylic acids is 3. The Morgan fingerprint density at radius 3 is 1.96 bits per heavy atom. The Kier molecular flexibility index (Phi) is 13.3. The van der Waals surface area contributed by atoms with Gasteiger partial charge >= 0.3 is 0 Å². The summed E-state index contributed by atoms with van der Waals surface area (Å²) in [6.45, 7) is 11.0. The summed E-state index contributed by atoms with van der Waals surface area (Å²) in [7, 11) is 0. The van der Waals surface area contributed by atoms with E-state index in [-0.39, 0.29) is 23.3 Å². The molecule has 0 bridgehead atoms. The molecule has 6 heteroatoms. The molecule has 23 heavy (non-hydrogen) atoms. The first kappa shape index (κ1) is 23.7. The summed E-state index contributed by atoms with van der Waals surface area (Å²) >= 11 is 0. The fourth-order valence-electron chi connectivity index (χ4n) is 1.75. The second kappa shape index (κ2) is 12.9. The highest BCUT2D eigenvalue weighted by atomic mass is 16.2. The van der Waals surface area contributed by atoms with Crippen LogP contribution in [0.1, 0.15) is 80.1 Å². The molecule has 0 aromatic heterocycles. The largest absolute Gasteiger partial charge is 0.370 e. The third-order valence-corrected chi connectivity index (χ3v) is 2.78. The van der Waals surface area contributed by atoms with Crippen LogP contribution in [0.2, 0.25) is 0 Å². The number of hydrogen-bond donors (Lipinski definition) is 3. The third-order valence-electron chi connectivity index (χ3n) is 2.78. The number of hydrogen-bond acceptors (Lipinski definition) is 3. The van der Waals surface area contributed by atoms with Gasteiger partial charge in [-0.1, -0.05) is 32.6 Å². The molecule has 6 nitrogen and oxygen atoms in total. The van der Waals surface area contributed by atoms with Crippen LogP contribution in [0.25, 0.3) is 0 Å². The molecule has 0 rings (SSSR count). The lowest BCUT2D eigenvalue weighted by atomic mass is 10.1. The predicted octanol–water partition coefficient (Wildman–Crippen LogP) is 2.26. The van der Waals surface area contributed by atoms with Gasteiger partial charge in [-0.15, -0.1) is 0 Å². The molecule has 0 aliphatic carbocycles. The van der Waals surface area contributed by atoms with Crippen LogP contribution in [-0.2, 0) is 14.4 Å². The van der Waals surface area contributed by atoms with E-state index in [1.165, 1.54) is 26.2 Å². The van der Waals surface area contributed by atoms with Crippen molar-refractivity contribution in [1.29, 1.82) is 0 Å². The predicted molar refractivity (Wildman–Crippen MR) is 93.7 cm³/mol. The SMILES string of the molecule is CC(N)=O.CCCCCCCC(=O)N[C@@H](C)C(=O)NC(C)(C)C. The number of nitrogens with two attached hydrogens (primary N) is 1. The number of unbranched alkanes of at least 4 members (excludes halogenated alkanes) is 4. The van der Waals surface area contributed by atoms with Crippen LogP contribution >= 0.6 is 0 Å². The Morgan fingerprint density at radius 2 is 1.52 bits per heavy atom. The molecule has 4 N–H and O–H groups in total. The second-order valence-corrected chi connectivity index (χ2v) is 6.80. The van der Waals surface area contributed by atoms with Gasteiger partial charge in [0, 0.05) is 18.9 Å². The highest BCUT2D eigenvalue weighted by Gasteiger charge is 2.20. The van der Waals surface area contributed by atoms with Gasteiger partial charge in [-0.05, 0) is 34.1 Å². The molecule has 0 radical (unpaired) electrons. The van der Waals surface area contributed by atoms with Crippen LogP contribution in [0, 0.1) is 0 Å². The molecule has 0 heterocycles. The Labute approximate surface area is 141 Å². The first-order valence-electron chi connectivity index (χ1n) is 8.37. The van der Waals surface area contributed by atoms with E-state index in [1.54, 1.807) is 6.92 Å². The Bertz CT molecular complexity index is 359. The van der Waals surface area contributed by atoms with E-state index in [0.717, 1.165) is 12.8 Å². The van der Waals surface area contributed by atoms with Gasteiger partial charge in [-0.3, -0.25) is 14.4 Å². The fraction of sp³-hybridized carbons (Fsp3) is 0.824. The summed E-state index contributed by atoms with van der Waals surface area (Å²) < 4.78 is 0. The molecule has 0 aromatic carbocycles. The Morgan fingerprint density at radius 1 is 1.04 bits per heavy atom. The molecule has 0 spiro atoms. The number of rotatable bonds is 8. The monoisotopic (exact) mass is 329 g/mol. The number of primary amides is 1. The van der Waals surface area contributed by atoms with E-state index >= 15 is 0 Å². The van der Waals surface area contributed by atoms with Crippen molar-refractivity contribution < 1.29 is 14.4 Å². The van der Waals surface area contributed by atoms with E-state index in [9.17, 15) is 14.4 Å². The minimum Gasteiger partial charge on any atom is -0.370 e. The van der Waals surface area contributed by atoms with Crippen LogP contribution in [0.4, 0.5) is 0 Å². The molecule has 0 saturated heterocycles. The van der Waals surface area contributed by atoms with E-state index in [2.05, 4.69) is 23.3 Å². The zero-order valence-electron chi connectivity index (χ0n) is 15.6. The maximum Gasteiger partial charge on any atom is 0.242 e. The molecule has 3 amide bonds. The van der Waals surface area contributed by atoms with Crippen molar-refractivity contribution in [2.24, 2.45) is 5.73 Å². The summed E-state index contributed by atoms with van der Waals surface area (Å²) in [5, 5.41) is 5.60. The van der Waals surface area contributed by atoms with Crippen molar-refractivity contribution in [3.05, 3.63) is 0 Å². The van der Waals surface area contributed by atoms with Gasteiger partial charge < -0.3 is 16.4 Å². The zero-order chi connectivity index (χ0) is 18.5. The van der Waals surface area contributed by atoms with Crippen molar-refractivity contribution in [3.63, 3.8) is 0 Å². The van der Waals surface area contributed by atoms with Gasteiger partial charge in [0.05, 0.1) is 0 Å². The zero-order valence-corrected chi connectivity index (χ0v) is 15.6. The summed E-state index contributed by atoms with van der Waals surface area (Å²) in [5.74, 6) is -0.500. The minimum absolute atomic E-state index is 0.0342.